The van der Waals surface area contributed by atoms with Crippen LogP contribution in [-0.4, -0.2) is 16.5 Å². The fourth-order valence-corrected chi connectivity index (χ4v) is 2.21. The molecule has 112 valence electrons. The quantitative estimate of drug-likeness (QED) is 0.807. The Bertz CT molecular complexity index is 672. The molecule has 1 heterocycles. The third-order valence-electron chi connectivity index (χ3n) is 2.95. The summed E-state index contributed by atoms with van der Waals surface area (Å²) >= 11 is 5.99. The monoisotopic (exact) mass is 309 g/mol. The van der Waals surface area contributed by atoms with Gasteiger partial charge in [-0.1, -0.05) is 24.6 Å². The normalized spacial score (nSPS) is 10.8. The van der Waals surface area contributed by atoms with Gasteiger partial charge < -0.3 is 10.3 Å². The van der Waals surface area contributed by atoms with Crippen LogP contribution in [0.3, 0.4) is 0 Å². The molecule has 2 aromatic rings. The van der Waals surface area contributed by atoms with Crippen molar-refractivity contribution in [2.45, 2.75) is 26.3 Å². The van der Waals surface area contributed by atoms with Crippen molar-refractivity contribution in [3.8, 4) is 0 Å². The van der Waals surface area contributed by atoms with Crippen molar-refractivity contribution in [2.24, 2.45) is 0 Å². The van der Waals surface area contributed by atoms with E-state index in [1.807, 2.05) is 0 Å². The number of rotatable bonds is 6. The third kappa shape index (κ3) is 4.65. The molecule has 6 heteroatoms. The molecule has 0 aliphatic rings. The molecule has 0 amide bonds. The van der Waals surface area contributed by atoms with Gasteiger partial charge in [0.25, 0.3) is 5.56 Å². The molecule has 2 N–H and O–H groups in total. The molecular formula is C15H17ClFN3O. The van der Waals surface area contributed by atoms with Crippen LogP contribution in [0.25, 0.3) is 0 Å². The number of nitrogens with one attached hydrogen (secondary N) is 2. The summed E-state index contributed by atoms with van der Waals surface area (Å²) in [4.78, 5) is 18.7. The zero-order chi connectivity index (χ0) is 15.2. The van der Waals surface area contributed by atoms with E-state index in [0.29, 0.717) is 29.5 Å². The van der Waals surface area contributed by atoms with Gasteiger partial charge in [0, 0.05) is 24.1 Å². The van der Waals surface area contributed by atoms with Crippen molar-refractivity contribution in [2.75, 3.05) is 6.54 Å². The topological polar surface area (TPSA) is 57.8 Å². The molecule has 0 saturated carbocycles. The Morgan fingerprint density at radius 2 is 2.19 bits per heavy atom. The Kier molecular flexibility index (Phi) is 5.47. The van der Waals surface area contributed by atoms with Gasteiger partial charge in [-0.25, -0.2) is 9.37 Å². The average molecular weight is 310 g/mol. The van der Waals surface area contributed by atoms with Gasteiger partial charge in [0.15, 0.2) is 0 Å². The van der Waals surface area contributed by atoms with Crippen molar-refractivity contribution in [1.82, 2.24) is 15.3 Å². The van der Waals surface area contributed by atoms with Gasteiger partial charge in [0.1, 0.15) is 11.6 Å². The molecular weight excluding hydrogens is 293 g/mol. The number of hydrogen-bond donors (Lipinski definition) is 2. The zero-order valence-electron chi connectivity index (χ0n) is 11.7. The van der Waals surface area contributed by atoms with Gasteiger partial charge in [0.2, 0.25) is 0 Å². The molecule has 4 nitrogen and oxygen atoms in total. The molecule has 0 radical (unpaired) electrons. The molecule has 0 aliphatic heterocycles. The maximum Gasteiger partial charge on any atom is 0.251 e. The van der Waals surface area contributed by atoms with Gasteiger partial charge >= 0.3 is 0 Å². The summed E-state index contributed by atoms with van der Waals surface area (Å²) in [6.45, 7) is 3.48. The highest BCUT2D eigenvalue weighted by Crippen LogP contribution is 2.19. The van der Waals surface area contributed by atoms with E-state index in [1.165, 1.54) is 18.2 Å². The smallest absolute Gasteiger partial charge is 0.251 e. The largest absolute Gasteiger partial charge is 0.311 e. The predicted octanol–water partition coefficient (Wildman–Crippen LogP) is 2.65. The van der Waals surface area contributed by atoms with E-state index in [1.54, 1.807) is 6.07 Å². The molecule has 0 spiro atoms. The first-order valence-corrected chi connectivity index (χ1v) is 7.20. The Labute approximate surface area is 127 Å². The van der Waals surface area contributed by atoms with Crippen molar-refractivity contribution in [1.29, 1.82) is 0 Å². The maximum absolute atomic E-state index is 13.0. The zero-order valence-corrected chi connectivity index (χ0v) is 12.5. The van der Waals surface area contributed by atoms with Crippen LogP contribution in [0.4, 0.5) is 4.39 Å². The number of aromatic amines is 1. The first kappa shape index (κ1) is 15.7. The molecule has 0 bridgehead atoms. The van der Waals surface area contributed by atoms with Crippen molar-refractivity contribution in [3.63, 3.8) is 0 Å². The third-order valence-corrected chi connectivity index (χ3v) is 3.30. The summed E-state index contributed by atoms with van der Waals surface area (Å²) in [5.74, 6) is 0.132. The highest BCUT2D eigenvalue weighted by atomic mass is 35.5. The minimum absolute atomic E-state index is 0.202. The van der Waals surface area contributed by atoms with Crippen LogP contribution in [-0.2, 0) is 13.0 Å². The highest BCUT2D eigenvalue weighted by molar-refractivity contribution is 6.31. The fraction of sp³-hybridized carbons (Fsp3) is 0.333. The molecule has 2 rings (SSSR count). The maximum atomic E-state index is 13.0. The Morgan fingerprint density at radius 1 is 1.38 bits per heavy atom. The van der Waals surface area contributed by atoms with Gasteiger partial charge in [-0.05, 0) is 30.7 Å². The summed E-state index contributed by atoms with van der Waals surface area (Å²) in [6.07, 6.45) is 1.37. The molecule has 21 heavy (non-hydrogen) atoms. The molecule has 1 aromatic heterocycles. The van der Waals surface area contributed by atoms with Gasteiger partial charge in [-0.15, -0.1) is 0 Å². The second-order valence-corrected chi connectivity index (χ2v) is 5.18. The van der Waals surface area contributed by atoms with Gasteiger partial charge in [0.05, 0.1) is 5.69 Å². The van der Waals surface area contributed by atoms with Crippen molar-refractivity contribution < 1.29 is 4.39 Å². The van der Waals surface area contributed by atoms with Crippen LogP contribution < -0.4 is 10.9 Å². The second kappa shape index (κ2) is 7.33. The molecule has 0 aliphatic carbocycles. The van der Waals surface area contributed by atoms with E-state index in [4.69, 9.17) is 11.6 Å². The molecule has 0 unspecified atom stereocenters. The number of benzene rings is 1. The molecule has 0 fully saturated rings. The number of nitrogens with zero attached hydrogens (tertiary/aromatic N) is 1. The Morgan fingerprint density at radius 3 is 2.90 bits per heavy atom. The van der Waals surface area contributed by atoms with Gasteiger partial charge in [-0.2, -0.15) is 0 Å². The Balaban J connectivity index is 2.17. The molecule has 0 saturated heterocycles. The Hall–Kier alpha value is -1.72. The summed E-state index contributed by atoms with van der Waals surface area (Å²) in [5, 5.41) is 3.52. The summed E-state index contributed by atoms with van der Waals surface area (Å²) < 4.78 is 13.0. The molecule has 0 atom stereocenters. The SMILES string of the molecule is CCCNCc1cc(=O)[nH]c(Cc2ccc(F)cc2Cl)n1. The van der Waals surface area contributed by atoms with Gasteiger partial charge in [-0.3, -0.25) is 4.79 Å². The van der Waals surface area contributed by atoms with Crippen LogP contribution in [0.1, 0.15) is 30.4 Å². The van der Waals surface area contributed by atoms with Crippen LogP contribution in [0.5, 0.6) is 0 Å². The lowest BCUT2D eigenvalue weighted by molar-refractivity contribution is 0.627. The minimum atomic E-state index is -0.386. The first-order chi connectivity index (χ1) is 10.1. The van der Waals surface area contributed by atoms with E-state index >= 15 is 0 Å². The number of halogens is 2. The second-order valence-electron chi connectivity index (χ2n) is 4.77. The van der Waals surface area contributed by atoms with Crippen LogP contribution >= 0.6 is 11.6 Å². The van der Waals surface area contributed by atoms with Crippen LogP contribution in [0, 0.1) is 5.82 Å². The lowest BCUT2D eigenvalue weighted by Gasteiger charge is -2.07. The number of aromatic nitrogens is 2. The van der Waals surface area contributed by atoms with Crippen molar-refractivity contribution in [3.05, 3.63) is 62.5 Å². The lowest BCUT2D eigenvalue weighted by atomic mass is 10.1. The first-order valence-electron chi connectivity index (χ1n) is 6.82. The molecule has 1 aromatic carbocycles. The summed E-state index contributed by atoms with van der Waals surface area (Å²) in [7, 11) is 0. The lowest BCUT2D eigenvalue weighted by Crippen LogP contribution is -2.19. The van der Waals surface area contributed by atoms with E-state index < -0.39 is 0 Å². The van der Waals surface area contributed by atoms with E-state index in [0.717, 1.165) is 18.5 Å². The average Bonchev–Trinajstić information content (AvgIpc) is 2.42. The highest BCUT2D eigenvalue weighted by Gasteiger charge is 2.07. The summed E-state index contributed by atoms with van der Waals surface area (Å²) in [5.41, 5.74) is 1.20. The summed E-state index contributed by atoms with van der Waals surface area (Å²) in [6, 6.07) is 5.66. The number of hydrogen-bond acceptors (Lipinski definition) is 3. The minimum Gasteiger partial charge on any atom is -0.311 e. The van der Waals surface area contributed by atoms with Crippen LogP contribution in [0.2, 0.25) is 5.02 Å². The van der Waals surface area contributed by atoms with E-state index in [2.05, 4.69) is 22.2 Å². The predicted molar refractivity (Wildman–Crippen MR) is 81.1 cm³/mol. The van der Waals surface area contributed by atoms with E-state index in [-0.39, 0.29) is 11.4 Å². The van der Waals surface area contributed by atoms with Crippen molar-refractivity contribution >= 4 is 11.6 Å². The van der Waals surface area contributed by atoms with E-state index in [9.17, 15) is 9.18 Å². The van der Waals surface area contributed by atoms with Crippen LogP contribution in [0.15, 0.2) is 29.1 Å². The number of H-pyrrole nitrogens is 1. The standard InChI is InChI=1S/C15H17ClFN3O/c1-2-5-18-9-12-8-15(21)20-14(19-12)6-10-3-4-11(17)7-13(10)16/h3-4,7-8,18H,2,5-6,9H2,1H3,(H,19,20,21). The fourth-order valence-electron chi connectivity index (χ4n) is 1.98.